The number of aromatic amines is 1. The molecule has 1 aliphatic rings. The smallest absolute Gasteiger partial charge is 0.430 e. The Morgan fingerprint density at radius 1 is 1.26 bits per heavy atom. The molecule has 1 aromatic heterocycles. The molecule has 19 heavy (non-hydrogen) atoms. The summed E-state index contributed by atoms with van der Waals surface area (Å²) < 4.78 is 69.9. The van der Waals surface area contributed by atoms with E-state index in [-0.39, 0.29) is 23.6 Å². The fourth-order valence-electron chi connectivity index (χ4n) is 1.65. The van der Waals surface area contributed by atoms with Crippen LogP contribution in [0.25, 0.3) is 11.0 Å². The molecule has 0 saturated carbocycles. The monoisotopic (exact) mass is 294 g/mol. The van der Waals surface area contributed by atoms with E-state index in [1.807, 2.05) is 0 Å². The molecule has 0 aliphatic carbocycles. The van der Waals surface area contributed by atoms with Gasteiger partial charge in [0.15, 0.2) is 17.3 Å². The van der Waals surface area contributed by atoms with Crippen molar-refractivity contribution in [2.75, 3.05) is 6.79 Å². The molecule has 0 spiro atoms. The Kier molecular flexibility index (Phi) is 2.24. The van der Waals surface area contributed by atoms with Gasteiger partial charge in [0.2, 0.25) is 6.79 Å². The maximum Gasteiger partial charge on any atom is 0.430 e. The summed E-state index contributed by atoms with van der Waals surface area (Å²) in [5.74, 6) is -0.709. The van der Waals surface area contributed by atoms with Gasteiger partial charge in [0.1, 0.15) is 0 Å². The van der Waals surface area contributed by atoms with Gasteiger partial charge in [-0.3, -0.25) is 0 Å². The molecule has 10 heteroatoms. The molecular formula is C9H5F3N2O4S. The van der Waals surface area contributed by atoms with Crippen molar-refractivity contribution in [2.45, 2.75) is 5.25 Å². The third-order valence-corrected chi connectivity index (χ3v) is 3.36. The van der Waals surface area contributed by atoms with E-state index in [9.17, 15) is 21.1 Å². The Morgan fingerprint density at radius 2 is 1.89 bits per heavy atom. The van der Waals surface area contributed by atoms with Crippen LogP contribution < -0.4 is 9.47 Å². The van der Waals surface area contributed by atoms with E-state index in [0.717, 1.165) is 0 Å². The number of aromatic nitrogens is 2. The molecule has 0 unspecified atom stereocenters. The first-order chi connectivity index (χ1) is 8.79. The second-order valence-corrected chi connectivity index (χ2v) is 5.15. The number of hydrogen-bond donors (Lipinski definition) is 1. The van der Waals surface area contributed by atoms with E-state index < -0.39 is 21.3 Å². The van der Waals surface area contributed by atoms with Crippen molar-refractivity contribution in [2.24, 2.45) is 0 Å². The molecule has 2 heterocycles. The zero-order valence-electron chi connectivity index (χ0n) is 8.98. The third-order valence-electron chi connectivity index (χ3n) is 2.56. The molecule has 6 nitrogen and oxygen atoms in total. The zero-order chi connectivity index (χ0) is 13.8. The zero-order valence-corrected chi connectivity index (χ0v) is 9.80. The lowest BCUT2D eigenvalue weighted by Gasteiger charge is -2.06. The van der Waals surface area contributed by atoms with Gasteiger partial charge in [0.05, 0.1) is 11.0 Å². The summed E-state index contributed by atoms with van der Waals surface area (Å²) in [6.45, 7) is -0.0101. The van der Waals surface area contributed by atoms with Crippen molar-refractivity contribution >= 4 is 21.3 Å². The van der Waals surface area contributed by atoms with Crippen LogP contribution in [0.1, 0.15) is 5.82 Å². The fraction of sp³-hybridized carbons (Fsp3) is 0.222. The molecule has 1 aliphatic heterocycles. The maximum atomic E-state index is 13.3. The van der Waals surface area contributed by atoms with E-state index in [0.29, 0.717) is 5.75 Å². The van der Waals surface area contributed by atoms with Crippen LogP contribution >= 0.6 is 0 Å². The van der Waals surface area contributed by atoms with E-state index in [2.05, 4.69) is 9.97 Å². The van der Waals surface area contributed by atoms with E-state index >= 15 is 0 Å². The number of ether oxygens (including phenoxy) is 2. The lowest BCUT2D eigenvalue weighted by atomic mass is 10.3. The number of halogens is 3. The predicted molar refractivity (Wildman–Crippen MR) is 56.1 cm³/mol. The Hall–Kier alpha value is -1.97. The second kappa shape index (κ2) is 3.53. The molecule has 0 bridgehead atoms. The summed E-state index contributed by atoms with van der Waals surface area (Å²) in [6, 6.07) is 2.60. The molecule has 1 N–H and O–H groups in total. The molecular weight excluding hydrogens is 289 g/mol. The van der Waals surface area contributed by atoms with Gasteiger partial charge in [0, 0.05) is 12.1 Å². The number of nitrogens with zero attached hydrogens (tertiary/aromatic N) is 1. The predicted octanol–water partition coefficient (Wildman–Crippen LogP) is 1.64. The number of fused-ring (bicyclic) bond motifs is 2. The quantitative estimate of drug-likeness (QED) is 0.852. The summed E-state index contributed by atoms with van der Waals surface area (Å²) in [5.41, 5.74) is 0.102. The standard InChI is InChI=1S/C9H5F3N2O4S/c10-9(11,19(12,15)16)8-13-4-1-6-7(18-3-17-6)2-5(4)14-8/h1-2H,3H2,(H,13,14). The SMILES string of the molecule is O=S(=O)(F)C(F)(F)c1nc2cc3c(cc2[nH]1)OCO3. The van der Waals surface area contributed by atoms with Crippen molar-refractivity contribution in [3.05, 3.63) is 18.0 Å². The molecule has 0 saturated heterocycles. The normalized spacial score (nSPS) is 15.1. The third kappa shape index (κ3) is 1.70. The minimum absolute atomic E-state index is 0.0101. The molecule has 0 radical (unpaired) electrons. The van der Waals surface area contributed by atoms with Gasteiger partial charge in [-0.2, -0.15) is 17.2 Å². The average Bonchev–Trinajstić information content (AvgIpc) is 2.88. The van der Waals surface area contributed by atoms with Crippen LogP contribution in [0.15, 0.2) is 12.1 Å². The highest BCUT2D eigenvalue weighted by Gasteiger charge is 2.50. The Morgan fingerprint density at radius 3 is 2.53 bits per heavy atom. The lowest BCUT2D eigenvalue weighted by molar-refractivity contribution is 0.0755. The Labute approximate surface area is 104 Å². The van der Waals surface area contributed by atoms with Gasteiger partial charge < -0.3 is 14.5 Å². The summed E-state index contributed by atoms with van der Waals surface area (Å²) in [4.78, 5) is 5.42. The minimum Gasteiger partial charge on any atom is -0.454 e. The highest BCUT2D eigenvalue weighted by atomic mass is 32.3. The maximum absolute atomic E-state index is 13.3. The Bertz CT molecular complexity index is 730. The lowest BCUT2D eigenvalue weighted by Crippen LogP contribution is -2.23. The first-order valence-corrected chi connectivity index (χ1v) is 6.29. The molecule has 1 aromatic carbocycles. The number of hydrogen-bond acceptors (Lipinski definition) is 5. The van der Waals surface area contributed by atoms with E-state index in [1.165, 1.54) is 12.1 Å². The molecule has 2 aromatic rings. The largest absolute Gasteiger partial charge is 0.454 e. The van der Waals surface area contributed by atoms with Crippen LogP contribution in [0.4, 0.5) is 12.7 Å². The van der Waals surface area contributed by atoms with Crippen molar-refractivity contribution in [1.82, 2.24) is 9.97 Å². The fourth-order valence-corrected chi connectivity index (χ4v) is 1.98. The van der Waals surface area contributed by atoms with Gasteiger partial charge in [-0.25, -0.2) is 4.98 Å². The minimum atomic E-state index is -6.10. The van der Waals surface area contributed by atoms with Crippen LogP contribution in [-0.4, -0.2) is 25.2 Å². The van der Waals surface area contributed by atoms with Crippen LogP contribution in [-0.2, 0) is 15.5 Å². The first kappa shape index (κ1) is 12.1. The molecule has 0 amide bonds. The average molecular weight is 294 g/mol. The van der Waals surface area contributed by atoms with Crippen molar-refractivity contribution in [3.8, 4) is 11.5 Å². The van der Waals surface area contributed by atoms with Gasteiger partial charge in [-0.05, 0) is 0 Å². The van der Waals surface area contributed by atoms with Gasteiger partial charge in [-0.1, -0.05) is 3.89 Å². The van der Waals surface area contributed by atoms with Gasteiger partial charge >= 0.3 is 15.5 Å². The topological polar surface area (TPSA) is 81.3 Å². The van der Waals surface area contributed by atoms with Crippen molar-refractivity contribution in [3.63, 3.8) is 0 Å². The van der Waals surface area contributed by atoms with E-state index in [1.54, 1.807) is 0 Å². The van der Waals surface area contributed by atoms with Crippen LogP contribution in [0, 0.1) is 0 Å². The number of imidazole rings is 1. The van der Waals surface area contributed by atoms with E-state index in [4.69, 9.17) is 9.47 Å². The molecule has 0 atom stereocenters. The molecule has 0 fully saturated rings. The number of alkyl halides is 2. The molecule has 3 rings (SSSR count). The van der Waals surface area contributed by atoms with Crippen LogP contribution in [0.5, 0.6) is 11.5 Å². The van der Waals surface area contributed by atoms with Crippen LogP contribution in [0.3, 0.4) is 0 Å². The van der Waals surface area contributed by atoms with Crippen LogP contribution in [0.2, 0.25) is 0 Å². The van der Waals surface area contributed by atoms with Gasteiger partial charge in [0.25, 0.3) is 0 Å². The van der Waals surface area contributed by atoms with Gasteiger partial charge in [-0.15, -0.1) is 0 Å². The number of benzene rings is 1. The summed E-state index contributed by atoms with van der Waals surface area (Å²) in [6.07, 6.45) is 0. The number of nitrogens with one attached hydrogen (secondary N) is 1. The van der Waals surface area contributed by atoms with Crippen molar-refractivity contribution in [1.29, 1.82) is 0 Å². The second-order valence-electron chi connectivity index (χ2n) is 3.76. The highest BCUT2D eigenvalue weighted by Crippen LogP contribution is 2.38. The summed E-state index contributed by atoms with van der Waals surface area (Å²) in [5, 5.41) is -4.74. The van der Waals surface area contributed by atoms with Crippen molar-refractivity contribution < 1.29 is 30.6 Å². The summed E-state index contributed by atoms with van der Waals surface area (Å²) >= 11 is 0. The highest BCUT2D eigenvalue weighted by molar-refractivity contribution is 7.87. The summed E-state index contributed by atoms with van der Waals surface area (Å²) in [7, 11) is -6.10. The Balaban J connectivity index is 2.18. The molecule has 102 valence electrons. The first-order valence-electron chi connectivity index (χ1n) is 4.91. The number of rotatable bonds is 2. The number of H-pyrrole nitrogens is 1.